The molecule has 8 heteroatoms. The first kappa shape index (κ1) is 18.9. The number of hydrogen-bond donors (Lipinski definition) is 2. The Labute approximate surface area is 166 Å². The summed E-state index contributed by atoms with van der Waals surface area (Å²) in [5.74, 6) is -0.0178. The highest BCUT2D eigenvalue weighted by molar-refractivity contribution is 6.36. The molecule has 2 aromatic carbocycles. The normalized spacial score (nSPS) is 10.5. The van der Waals surface area contributed by atoms with Crippen molar-refractivity contribution in [2.75, 3.05) is 11.9 Å². The lowest BCUT2D eigenvalue weighted by Crippen LogP contribution is -2.33. The van der Waals surface area contributed by atoms with Crippen molar-refractivity contribution in [3.63, 3.8) is 0 Å². The Hall–Kier alpha value is -2.83. The van der Waals surface area contributed by atoms with Crippen molar-refractivity contribution in [1.29, 1.82) is 0 Å². The number of anilines is 1. The van der Waals surface area contributed by atoms with Crippen LogP contribution in [0.5, 0.6) is 0 Å². The molecular weight excluding hydrogens is 387 g/mol. The van der Waals surface area contributed by atoms with Gasteiger partial charge in [-0.15, -0.1) is 0 Å². The zero-order valence-corrected chi connectivity index (χ0v) is 15.9. The van der Waals surface area contributed by atoms with Gasteiger partial charge in [-0.1, -0.05) is 35.3 Å². The Bertz CT molecular complexity index is 1000. The third-order valence-corrected chi connectivity index (χ3v) is 4.36. The number of carbonyl (C=O) groups is 2. The van der Waals surface area contributed by atoms with E-state index in [9.17, 15) is 9.59 Å². The Morgan fingerprint density at radius 1 is 1.15 bits per heavy atom. The van der Waals surface area contributed by atoms with E-state index in [1.54, 1.807) is 18.3 Å². The molecule has 0 spiro atoms. The monoisotopic (exact) mass is 402 g/mol. The molecule has 0 saturated carbocycles. The molecule has 0 aliphatic rings. The average molecular weight is 403 g/mol. The van der Waals surface area contributed by atoms with E-state index in [1.165, 1.54) is 12.1 Å². The largest absolute Gasteiger partial charge is 0.343 e. The standard InChI is InChI=1S/C19H16Cl2N4O2/c1-25-8-7-22-18(25)12-3-2-4-14(9-12)24-17(26)11-23-19(27)15-6-5-13(20)10-16(15)21/h2-10H,11H2,1H3,(H,23,27)(H,24,26). The van der Waals surface area contributed by atoms with Gasteiger partial charge in [-0.3, -0.25) is 9.59 Å². The fourth-order valence-corrected chi connectivity index (χ4v) is 3.01. The number of hydrogen-bond acceptors (Lipinski definition) is 3. The number of rotatable bonds is 5. The number of nitrogens with zero attached hydrogens (tertiary/aromatic N) is 2. The summed E-state index contributed by atoms with van der Waals surface area (Å²) in [7, 11) is 1.89. The van der Waals surface area contributed by atoms with Gasteiger partial charge in [-0.2, -0.15) is 0 Å². The molecule has 0 fully saturated rings. The van der Waals surface area contributed by atoms with Gasteiger partial charge in [0.05, 0.1) is 17.1 Å². The fourth-order valence-electron chi connectivity index (χ4n) is 2.51. The maximum absolute atomic E-state index is 12.2. The highest BCUT2D eigenvalue weighted by Gasteiger charge is 2.12. The molecule has 0 aliphatic carbocycles. The Balaban J connectivity index is 1.61. The van der Waals surface area contributed by atoms with Gasteiger partial charge in [-0.25, -0.2) is 4.98 Å². The molecule has 2 amide bonds. The summed E-state index contributed by atoms with van der Waals surface area (Å²) in [6.07, 6.45) is 3.55. The first-order valence-corrected chi connectivity index (χ1v) is 8.80. The summed E-state index contributed by atoms with van der Waals surface area (Å²) < 4.78 is 1.89. The van der Waals surface area contributed by atoms with Crippen LogP contribution in [-0.4, -0.2) is 27.9 Å². The van der Waals surface area contributed by atoms with Crippen LogP contribution in [0.3, 0.4) is 0 Å². The second-order valence-electron chi connectivity index (χ2n) is 5.80. The van der Waals surface area contributed by atoms with Crippen LogP contribution in [0.25, 0.3) is 11.4 Å². The Morgan fingerprint density at radius 2 is 1.96 bits per heavy atom. The van der Waals surface area contributed by atoms with Gasteiger partial charge < -0.3 is 15.2 Å². The van der Waals surface area contributed by atoms with Crippen LogP contribution in [0.4, 0.5) is 5.69 Å². The predicted octanol–water partition coefficient (Wildman–Crippen LogP) is 3.76. The number of aromatic nitrogens is 2. The van der Waals surface area contributed by atoms with E-state index in [2.05, 4.69) is 15.6 Å². The Kier molecular flexibility index (Phi) is 5.78. The number of imidazole rings is 1. The number of nitrogens with one attached hydrogen (secondary N) is 2. The van der Waals surface area contributed by atoms with E-state index in [0.717, 1.165) is 11.4 Å². The van der Waals surface area contributed by atoms with Crippen molar-refractivity contribution in [3.8, 4) is 11.4 Å². The van der Waals surface area contributed by atoms with E-state index in [1.807, 2.05) is 36.0 Å². The molecule has 3 aromatic rings. The molecule has 1 heterocycles. The zero-order chi connectivity index (χ0) is 19.4. The van der Waals surface area contributed by atoms with Gasteiger partial charge >= 0.3 is 0 Å². The minimum atomic E-state index is -0.450. The molecule has 27 heavy (non-hydrogen) atoms. The van der Waals surface area contributed by atoms with Crippen LogP contribution in [0.2, 0.25) is 10.0 Å². The Morgan fingerprint density at radius 3 is 2.67 bits per heavy atom. The highest BCUT2D eigenvalue weighted by Crippen LogP contribution is 2.21. The molecule has 3 rings (SSSR count). The molecular formula is C19H16Cl2N4O2. The maximum Gasteiger partial charge on any atom is 0.253 e. The van der Waals surface area contributed by atoms with Gasteiger partial charge in [0, 0.05) is 35.7 Å². The maximum atomic E-state index is 12.2. The number of carbonyl (C=O) groups excluding carboxylic acids is 2. The summed E-state index contributed by atoms with van der Waals surface area (Å²) in [6.45, 7) is -0.190. The highest BCUT2D eigenvalue weighted by atomic mass is 35.5. The lowest BCUT2D eigenvalue weighted by atomic mass is 10.2. The molecule has 0 unspecified atom stereocenters. The summed E-state index contributed by atoms with van der Waals surface area (Å²) >= 11 is 11.8. The molecule has 0 saturated heterocycles. The minimum absolute atomic E-state index is 0.190. The van der Waals surface area contributed by atoms with Gasteiger partial charge in [-0.05, 0) is 30.3 Å². The van der Waals surface area contributed by atoms with Crippen molar-refractivity contribution in [2.24, 2.45) is 7.05 Å². The quantitative estimate of drug-likeness (QED) is 0.681. The molecule has 0 radical (unpaired) electrons. The van der Waals surface area contributed by atoms with Crippen molar-refractivity contribution >= 4 is 40.7 Å². The third-order valence-electron chi connectivity index (χ3n) is 3.81. The van der Waals surface area contributed by atoms with Gasteiger partial charge in [0.1, 0.15) is 5.82 Å². The third kappa shape index (κ3) is 4.67. The molecule has 6 nitrogen and oxygen atoms in total. The number of halogens is 2. The van der Waals surface area contributed by atoms with Gasteiger partial charge in [0.2, 0.25) is 5.91 Å². The van der Waals surface area contributed by atoms with Crippen LogP contribution < -0.4 is 10.6 Å². The van der Waals surface area contributed by atoms with E-state index in [4.69, 9.17) is 23.2 Å². The van der Waals surface area contributed by atoms with Crippen molar-refractivity contribution in [1.82, 2.24) is 14.9 Å². The predicted molar refractivity (Wildman–Crippen MR) is 106 cm³/mol. The van der Waals surface area contributed by atoms with E-state index >= 15 is 0 Å². The molecule has 0 aliphatic heterocycles. The molecule has 138 valence electrons. The minimum Gasteiger partial charge on any atom is -0.343 e. The summed E-state index contributed by atoms with van der Waals surface area (Å²) in [5, 5.41) is 5.94. The van der Waals surface area contributed by atoms with Crippen molar-refractivity contribution in [3.05, 3.63) is 70.5 Å². The van der Waals surface area contributed by atoms with Crippen LogP contribution in [0, 0.1) is 0 Å². The van der Waals surface area contributed by atoms with Crippen molar-refractivity contribution < 1.29 is 9.59 Å². The summed E-state index contributed by atoms with van der Waals surface area (Å²) in [4.78, 5) is 28.6. The molecule has 0 atom stereocenters. The zero-order valence-electron chi connectivity index (χ0n) is 14.4. The second kappa shape index (κ2) is 8.24. The summed E-state index contributed by atoms with van der Waals surface area (Å²) in [5.41, 5.74) is 1.74. The van der Waals surface area contributed by atoms with Crippen LogP contribution >= 0.6 is 23.2 Å². The van der Waals surface area contributed by atoms with Crippen LogP contribution in [0.1, 0.15) is 10.4 Å². The lowest BCUT2D eigenvalue weighted by Gasteiger charge is -2.09. The van der Waals surface area contributed by atoms with E-state index in [-0.39, 0.29) is 23.0 Å². The van der Waals surface area contributed by atoms with Gasteiger partial charge in [0.25, 0.3) is 5.91 Å². The van der Waals surface area contributed by atoms with Crippen molar-refractivity contribution in [2.45, 2.75) is 0 Å². The van der Waals surface area contributed by atoms with Crippen LogP contribution in [-0.2, 0) is 11.8 Å². The number of benzene rings is 2. The molecule has 1 aromatic heterocycles. The SMILES string of the molecule is Cn1ccnc1-c1cccc(NC(=O)CNC(=O)c2ccc(Cl)cc2Cl)c1. The smallest absolute Gasteiger partial charge is 0.253 e. The van der Waals surface area contributed by atoms with Crippen LogP contribution in [0.15, 0.2) is 54.9 Å². The fraction of sp³-hybridized carbons (Fsp3) is 0.105. The van der Waals surface area contributed by atoms with Gasteiger partial charge in [0.15, 0.2) is 0 Å². The first-order chi connectivity index (χ1) is 12.9. The van der Waals surface area contributed by atoms with E-state index < -0.39 is 5.91 Å². The first-order valence-electron chi connectivity index (χ1n) is 8.05. The summed E-state index contributed by atoms with van der Waals surface area (Å²) in [6, 6.07) is 11.9. The number of aryl methyl sites for hydroxylation is 1. The molecule has 0 bridgehead atoms. The number of amides is 2. The lowest BCUT2D eigenvalue weighted by molar-refractivity contribution is -0.115. The molecule has 2 N–H and O–H groups in total. The topological polar surface area (TPSA) is 76.0 Å². The average Bonchev–Trinajstić information content (AvgIpc) is 3.06. The van der Waals surface area contributed by atoms with E-state index in [0.29, 0.717) is 10.7 Å². The second-order valence-corrected chi connectivity index (χ2v) is 6.64.